The highest BCUT2D eigenvalue weighted by molar-refractivity contribution is 6.33. The van der Waals surface area contributed by atoms with Crippen LogP contribution >= 0.6 is 11.6 Å². The molecule has 2 nitrogen and oxygen atoms in total. The van der Waals surface area contributed by atoms with Gasteiger partial charge >= 0.3 is 0 Å². The maximum absolute atomic E-state index is 6.25. The Bertz CT molecular complexity index is 665. The second-order valence-corrected chi connectivity index (χ2v) is 4.14. The zero-order valence-electron chi connectivity index (χ0n) is 8.97. The summed E-state index contributed by atoms with van der Waals surface area (Å²) in [5.74, 6) is 0. The monoisotopic (exact) mass is 240 g/mol. The predicted molar refractivity (Wildman–Crippen MR) is 70.0 cm³/mol. The molecule has 0 aliphatic carbocycles. The average Bonchev–Trinajstić information content (AvgIpc) is 2.39. The topological polar surface area (TPSA) is 25.8 Å². The molecule has 0 aliphatic rings. The molecule has 0 spiro atoms. The van der Waals surface area contributed by atoms with Crippen molar-refractivity contribution in [1.29, 1.82) is 0 Å². The zero-order chi connectivity index (χ0) is 11.7. The number of aromatic nitrogens is 2. The van der Waals surface area contributed by atoms with Crippen LogP contribution in [-0.4, -0.2) is 9.97 Å². The molecule has 3 heteroatoms. The Labute approximate surface area is 104 Å². The lowest BCUT2D eigenvalue weighted by atomic mass is 10.1. The van der Waals surface area contributed by atoms with E-state index in [1.165, 1.54) is 0 Å². The highest BCUT2D eigenvalue weighted by atomic mass is 35.5. The van der Waals surface area contributed by atoms with Gasteiger partial charge in [0, 0.05) is 17.1 Å². The van der Waals surface area contributed by atoms with E-state index in [2.05, 4.69) is 9.97 Å². The molecular formula is C14H9ClN2. The Morgan fingerprint density at radius 1 is 0.941 bits per heavy atom. The van der Waals surface area contributed by atoms with Crippen LogP contribution in [0.3, 0.4) is 0 Å². The maximum Gasteiger partial charge on any atom is 0.159 e. The van der Waals surface area contributed by atoms with Crippen LogP contribution in [0.2, 0.25) is 5.02 Å². The summed E-state index contributed by atoms with van der Waals surface area (Å²) in [5, 5.41) is 1.61. The van der Waals surface area contributed by atoms with Gasteiger partial charge in [-0.15, -0.1) is 0 Å². The van der Waals surface area contributed by atoms with Crippen LogP contribution < -0.4 is 0 Å². The Morgan fingerprint density at radius 2 is 1.76 bits per heavy atom. The predicted octanol–water partition coefficient (Wildman–Crippen LogP) is 3.95. The Morgan fingerprint density at radius 3 is 2.59 bits per heavy atom. The van der Waals surface area contributed by atoms with Gasteiger partial charge in [-0.2, -0.15) is 0 Å². The van der Waals surface area contributed by atoms with Crippen LogP contribution in [0, 0.1) is 0 Å². The SMILES string of the molecule is Clc1cc2cccnc2nc1-c1ccccc1. The average molecular weight is 241 g/mol. The van der Waals surface area contributed by atoms with E-state index >= 15 is 0 Å². The first-order valence-corrected chi connectivity index (χ1v) is 5.69. The lowest BCUT2D eigenvalue weighted by molar-refractivity contribution is 1.29. The van der Waals surface area contributed by atoms with Crippen molar-refractivity contribution in [2.45, 2.75) is 0 Å². The summed E-state index contributed by atoms with van der Waals surface area (Å²) in [4.78, 5) is 8.74. The summed E-state index contributed by atoms with van der Waals surface area (Å²) >= 11 is 6.25. The van der Waals surface area contributed by atoms with Crippen molar-refractivity contribution >= 4 is 22.6 Å². The number of hydrogen-bond acceptors (Lipinski definition) is 2. The number of hydrogen-bond donors (Lipinski definition) is 0. The number of benzene rings is 1. The third-order valence-electron chi connectivity index (χ3n) is 2.59. The maximum atomic E-state index is 6.25. The van der Waals surface area contributed by atoms with Crippen LogP contribution in [0.25, 0.3) is 22.3 Å². The van der Waals surface area contributed by atoms with Gasteiger partial charge < -0.3 is 0 Å². The van der Waals surface area contributed by atoms with Crippen LogP contribution in [0.5, 0.6) is 0 Å². The summed E-state index contributed by atoms with van der Waals surface area (Å²) in [6, 6.07) is 15.6. The minimum Gasteiger partial charge on any atom is -0.237 e. The standard InChI is InChI=1S/C14H9ClN2/c15-12-9-11-7-4-8-16-14(11)17-13(12)10-5-2-1-3-6-10/h1-9H. The van der Waals surface area contributed by atoms with Gasteiger partial charge in [0.05, 0.1) is 10.7 Å². The molecule has 0 saturated carbocycles. The van der Waals surface area contributed by atoms with E-state index in [0.29, 0.717) is 5.02 Å². The van der Waals surface area contributed by atoms with Gasteiger partial charge in [0.2, 0.25) is 0 Å². The number of fused-ring (bicyclic) bond motifs is 1. The first-order chi connectivity index (χ1) is 8.34. The van der Waals surface area contributed by atoms with E-state index < -0.39 is 0 Å². The molecule has 17 heavy (non-hydrogen) atoms. The minimum atomic E-state index is 0.650. The summed E-state index contributed by atoms with van der Waals surface area (Å²) in [6.07, 6.45) is 1.73. The normalized spacial score (nSPS) is 10.6. The molecule has 0 saturated heterocycles. The molecule has 3 rings (SSSR count). The molecule has 0 atom stereocenters. The third kappa shape index (κ3) is 1.87. The second-order valence-electron chi connectivity index (χ2n) is 3.73. The molecule has 3 aromatic rings. The molecule has 0 N–H and O–H groups in total. The molecule has 0 unspecified atom stereocenters. The summed E-state index contributed by atoms with van der Waals surface area (Å²) in [5.41, 5.74) is 2.50. The van der Waals surface area contributed by atoms with Crippen molar-refractivity contribution in [2.75, 3.05) is 0 Å². The fraction of sp³-hybridized carbons (Fsp3) is 0. The second kappa shape index (κ2) is 4.15. The van der Waals surface area contributed by atoms with E-state index in [-0.39, 0.29) is 0 Å². The molecule has 0 fully saturated rings. The minimum absolute atomic E-state index is 0.650. The highest BCUT2D eigenvalue weighted by Gasteiger charge is 2.07. The first kappa shape index (κ1) is 10.2. The van der Waals surface area contributed by atoms with Crippen LogP contribution in [0.1, 0.15) is 0 Å². The molecule has 1 aromatic carbocycles. The van der Waals surface area contributed by atoms with Crippen LogP contribution in [-0.2, 0) is 0 Å². The fourth-order valence-corrected chi connectivity index (χ4v) is 2.05. The van der Waals surface area contributed by atoms with Gasteiger partial charge in [0.25, 0.3) is 0 Å². The first-order valence-electron chi connectivity index (χ1n) is 5.31. The molecule has 82 valence electrons. The highest BCUT2D eigenvalue weighted by Crippen LogP contribution is 2.28. The van der Waals surface area contributed by atoms with E-state index in [4.69, 9.17) is 11.6 Å². The zero-order valence-corrected chi connectivity index (χ0v) is 9.72. The van der Waals surface area contributed by atoms with Crippen LogP contribution in [0.15, 0.2) is 54.7 Å². The Balaban J connectivity index is 2.27. The van der Waals surface area contributed by atoms with Crippen molar-refractivity contribution in [2.24, 2.45) is 0 Å². The molecule has 0 aliphatic heterocycles. The fourth-order valence-electron chi connectivity index (χ4n) is 1.78. The van der Waals surface area contributed by atoms with Crippen molar-refractivity contribution < 1.29 is 0 Å². The van der Waals surface area contributed by atoms with Gasteiger partial charge in [0.1, 0.15) is 0 Å². The molecule has 0 amide bonds. The quantitative estimate of drug-likeness (QED) is 0.644. The van der Waals surface area contributed by atoms with Gasteiger partial charge in [-0.25, -0.2) is 9.97 Å². The largest absolute Gasteiger partial charge is 0.237 e. The van der Waals surface area contributed by atoms with E-state index in [0.717, 1.165) is 22.3 Å². The molecule has 0 bridgehead atoms. The van der Waals surface area contributed by atoms with Crippen molar-refractivity contribution in [3.05, 3.63) is 59.8 Å². The smallest absolute Gasteiger partial charge is 0.159 e. The Kier molecular flexibility index (Phi) is 2.50. The number of halogens is 1. The van der Waals surface area contributed by atoms with Gasteiger partial charge in [-0.1, -0.05) is 41.9 Å². The lowest BCUT2D eigenvalue weighted by Gasteiger charge is -2.05. The van der Waals surface area contributed by atoms with Crippen molar-refractivity contribution in [3.63, 3.8) is 0 Å². The van der Waals surface area contributed by atoms with Gasteiger partial charge in [0.15, 0.2) is 5.65 Å². The van der Waals surface area contributed by atoms with E-state index in [1.54, 1.807) is 6.20 Å². The molecule has 2 heterocycles. The Hall–Kier alpha value is -1.93. The van der Waals surface area contributed by atoms with Gasteiger partial charge in [-0.3, -0.25) is 0 Å². The molecule has 0 radical (unpaired) electrons. The summed E-state index contributed by atoms with van der Waals surface area (Å²) in [7, 11) is 0. The molecular weight excluding hydrogens is 232 g/mol. The van der Waals surface area contributed by atoms with Crippen molar-refractivity contribution in [3.8, 4) is 11.3 Å². The summed E-state index contributed by atoms with van der Waals surface area (Å²) < 4.78 is 0. The number of rotatable bonds is 1. The third-order valence-corrected chi connectivity index (χ3v) is 2.88. The summed E-state index contributed by atoms with van der Waals surface area (Å²) in [6.45, 7) is 0. The lowest BCUT2D eigenvalue weighted by Crippen LogP contribution is -1.89. The number of pyridine rings is 2. The van der Waals surface area contributed by atoms with E-state index in [1.807, 2.05) is 48.5 Å². The number of nitrogens with zero attached hydrogens (tertiary/aromatic N) is 2. The molecule has 2 aromatic heterocycles. The van der Waals surface area contributed by atoms with Gasteiger partial charge in [-0.05, 0) is 18.2 Å². The van der Waals surface area contributed by atoms with Crippen molar-refractivity contribution in [1.82, 2.24) is 9.97 Å². The van der Waals surface area contributed by atoms with E-state index in [9.17, 15) is 0 Å². The van der Waals surface area contributed by atoms with Crippen LogP contribution in [0.4, 0.5) is 0 Å².